The molecule has 0 spiro atoms. The molecule has 0 aromatic rings. The van der Waals surface area contributed by atoms with Gasteiger partial charge in [-0.3, -0.25) is 4.90 Å². The van der Waals surface area contributed by atoms with E-state index >= 15 is 0 Å². The van der Waals surface area contributed by atoms with Crippen LogP contribution in [0.3, 0.4) is 0 Å². The molecule has 2 aliphatic rings. The fraction of sp³-hybridized carbons (Fsp3) is 1.00. The molecule has 2 rings (SSSR count). The minimum absolute atomic E-state index is 0.338. The summed E-state index contributed by atoms with van der Waals surface area (Å²) >= 11 is 0. The number of hydrogen-bond donors (Lipinski definition) is 1. The van der Waals surface area contributed by atoms with Crippen molar-refractivity contribution in [3.63, 3.8) is 0 Å². The quantitative estimate of drug-likeness (QED) is 0.860. The third-order valence-electron chi connectivity index (χ3n) is 5.47. The second-order valence-electron chi connectivity index (χ2n) is 8.15. The highest BCUT2D eigenvalue weighted by atomic mass is 16.5. The monoisotopic (exact) mass is 296 g/mol. The minimum Gasteiger partial charge on any atom is -0.381 e. The Morgan fingerprint density at radius 2 is 2.00 bits per heavy atom. The van der Waals surface area contributed by atoms with Crippen LogP contribution in [0.1, 0.15) is 66.2 Å². The Morgan fingerprint density at radius 1 is 1.24 bits per heavy atom. The second-order valence-corrected chi connectivity index (χ2v) is 8.15. The van der Waals surface area contributed by atoms with E-state index in [4.69, 9.17) is 4.74 Å². The summed E-state index contributed by atoms with van der Waals surface area (Å²) in [6.07, 6.45) is 8.20. The van der Waals surface area contributed by atoms with E-state index in [9.17, 15) is 0 Å². The van der Waals surface area contributed by atoms with Crippen molar-refractivity contribution in [1.29, 1.82) is 0 Å². The van der Waals surface area contributed by atoms with Crippen molar-refractivity contribution >= 4 is 0 Å². The first-order valence-corrected chi connectivity index (χ1v) is 8.97. The van der Waals surface area contributed by atoms with Crippen LogP contribution in [0.15, 0.2) is 0 Å². The van der Waals surface area contributed by atoms with Gasteiger partial charge in [0.05, 0.1) is 6.10 Å². The minimum atomic E-state index is 0.338. The van der Waals surface area contributed by atoms with Crippen LogP contribution >= 0.6 is 0 Å². The summed E-state index contributed by atoms with van der Waals surface area (Å²) in [5, 5.41) is 3.80. The van der Waals surface area contributed by atoms with E-state index in [-0.39, 0.29) is 0 Å². The summed E-state index contributed by atoms with van der Waals surface area (Å²) in [6.45, 7) is 11.8. The van der Waals surface area contributed by atoms with Crippen molar-refractivity contribution in [2.75, 3.05) is 20.2 Å². The molecule has 3 heteroatoms. The van der Waals surface area contributed by atoms with Crippen LogP contribution in [-0.2, 0) is 4.74 Å². The van der Waals surface area contributed by atoms with Crippen molar-refractivity contribution in [3.05, 3.63) is 0 Å². The maximum absolute atomic E-state index is 5.67. The molecule has 1 saturated heterocycles. The normalized spacial score (nSPS) is 35.9. The molecule has 0 bridgehead atoms. The van der Waals surface area contributed by atoms with Crippen molar-refractivity contribution < 1.29 is 4.74 Å². The summed E-state index contributed by atoms with van der Waals surface area (Å²) in [4.78, 5) is 2.84. The van der Waals surface area contributed by atoms with E-state index in [0.29, 0.717) is 23.6 Å². The number of methoxy groups -OCH3 is 1. The van der Waals surface area contributed by atoms with Gasteiger partial charge in [0.25, 0.3) is 0 Å². The Balaban J connectivity index is 2.08. The molecule has 3 nitrogen and oxygen atoms in total. The SMILES string of the molecule is CCCC1CN(C2CCCC(OC)C2)C(C(C)(C)C)CN1. The molecule has 4 atom stereocenters. The predicted octanol–water partition coefficient (Wildman–Crippen LogP) is 3.43. The highest BCUT2D eigenvalue weighted by molar-refractivity contribution is 4.96. The first-order chi connectivity index (χ1) is 9.95. The number of hydrogen-bond acceptors (Lipinski definition) is 3. The average molecular weight is 296 g/mol. The fourth-order valence-electron chi connectivity index (χ4n) is 4.23. The highest BCUT2D eigenvalue weighted by Gasteiger charge is 2.40. The van der Waals surface area contributed by atoms with E-state index in [2.05, 4.69) is 37.9 Å². The van der Waals surface area contributed by atoms with Gasteiger partial charge in [0.1, 0.15) is 0 Å². The van der Waals surface area contributed by atoms with Gasteiger partial charge in [0.2, 0.25) is 0 Å². The van der Waals surface area contributed by atoms with E-state index in [1.807, 2.05) is 7.11 Å². The number of nitrogens with one attached hydrogen (secondary N) is 1. The van der Waals surface area contributed by atoms with Gasteiger partial charge in [-0.1, -0.05) is 34.1 Å². The lowest BCUT2D eigenvalue weighted by Crippen LogP contribution is -2.63. The molecule has 1 aliphatic carbocycles. The van der Waals surface area contributed by atoms with Crippen LogP contribution in [0.4, 0.5) is 0 Å². The van der Waals surface area contributed by atoms with Gasteiger partial charge in [-0.15, -0.1) is 0 Å². The summed E-state index contributed by atoms with van der Waals surface area (Å²) < 4.78 is 5.67. The third-order valence-corrected chi connectivity index (χ3v) is 5.47. The Bertz CT molecular complexity index is 313. The number of ether oxygens (including phenoxy) is 1. The fourth-order valence-corrected chi connectivity index (χ4v) is 4.23. The molecule has 0 aromatic carbocycles. The van der Waals surface area contributed by atoms with E-state index in [0.717, 1.165) is 12.6 Å². The van der Waals surface area contributed by atoms with E-state index in [1.165, 1.54) is 45.1 Å². The van der Waals surface area contributed by atoms with Gasteiger partial charge in [-0.05, 0) is 37.5 Å². The van der Waals surface area contributed by atoms with E-state index in [1.54, 1.807) is 0 Å². The standard InChI is InChI=1S/C18H36N2O/c1-6-8-14-13-20(17(12-19-14)18(2,3)4)15-9-7-10-16(11-15)21-5/h14-17,19H,6-13H2,1-5H3. The van der Waals surface area contributed by atoms with Crippen LogP contribution in [0.25, 0.3) is 0 Å². The molecule has 1 aliphatic heterocycles. The molecule has 0 amide bonds. The lowest BCUT2D eigenvalue weighted by atomic mass is 9.80. The smallest absolute Gasteiger partial charge is 0.0586 e. The number of rotatable bonds is 4. The zero-order valence-corrected chi connectivity index (χ0v) is 14.8. The Kier molecular flexibility index (Phi) is 6.10. The van der Waals surface area contributed by atoms with Gasteiger partial charge in [0.15, 0.2) is 0 Å². The first-order valence-electron chi connectivity index (χ1n) is 8.97. The van der Waals surface area contributed by atoms with Crippen LogP contribution in [0, 0.1) is 5.41 Å². The van der Waals surface area contributed by atoms with Gasteiger partial charge in [-0.2, -0.15) is 0 Å². The maximum atomic E-state index is 5.67. The lowest BCUT2D eigenvalue weighted by molar-refractivity contribution is -0.0274. The van der Waals surface area contributed by atoms with Crippen molar-refractivity contribution in [1.82, 2.24) is 10.2 Å². The highest BCUT2D eigenvalue weighted by Crippen LogP contribution is 2.33. The average Bonchev–Trinajstić information content (AvgIpc) is 2.46. The Hall–Kier alpha value is -0.120. The zero-order chi connectivity index (χ0) is 15.5. The second kappa shape index (κ2) is 7.43. The van der Waals surface area contributed by atoms with Crippen molar-refractivity contribution in [2.24, 2.45) is 5.41 Å². The van der Waals surface area contributed by atoms with Crippen LogP contribution in [0.2, 0.25) is 0 Å². The molecule has 4 unspecified atom stereocenters. The van der Waals surface area contributed by atoms with Crippen molar-refractivity contribution in [2.45, 2.75) is 90.4 Å². The van der Waals surface area contributed by atoms with Crippen LogP contribution in [-0.4, -0.2) is 49.3 Å². The lowest BCUT2D eigenvalue weighted by Gasteiger charge is -2.51. The molecule has 1 N–H and O–H groups in total. The summed E-state index contributed by atoms with van der Waals surface area (Å²) in [7, 11) is 1.88. The van der Waals surface area contributed by atoms with Gasteiger partial charge < -0.3 is 10.1 Å². The molecule has 1 heterocycles. The molecule has 21 heavy (non-hydrogen) atoms. The van der Waals surface area contributed by atoms with Crippen LogP contribution < -0.4 is 5.32 Å². The molecular formula is C18H36N2O. The molecule has 0 aromatic heterocycles. The molecule has 0 radical (unpaired) electrons. The summed E-state index contributed by atoms with van der Waals surface area (Å²) in [5.41, 5.74) is 0.338. The molecule has 1 saturated carbocycles. The third kappa shape index (κ3) is 4.43. The Morgan fingerprint density at radius 3 is 2.62 bits per heavy atom. The largest absolute Gasteiger partial charge is 0.381 e. The summed E-state index contributed by atoms with van der Waals surface area (Å²) in [6, 6.07) is 2.04. The van der Waals surface area contributed by atoms with Gasteiger partial charge in [-0.25, -0.2) is 0 Å². The first kappa shape index (κ1) is 17.2. The predicted molar refractivity (Wildman–Crippen MR) is 89.7 cm³/mol. The molecule has 124 valence electrons. The van der Waals surface area contributed by atoms with Gasteiger partial charge in [0, 0.05) is 38.3 Å². The molecule has 2 fully saturated rings. The van der Waals surface area contributed by atoms with Crippen molar-refractivity contribution in [3.8, 4) is 0 Å². The van der Waals surface area contributed by atoms with Crippen LogP contribution in [0.5, 0.6) is 0 Å². The number of piperazine rings is 1. The van der Waals surface area contributed by atoms with Gasteiger partial charge >= 0.3 is 0 Å². The maximum Gasteiger partial charge on any atom is 0.0586 e. The Labute approximate surface area is 131 Å². The topological polar surface area (TPSA) is 24.5 Å². The van der Waals surface area contributed by atoms with E-state index < -0.39 is 0 Å². The zero-order valence-electron chi connectivity index (χ0n) is 14.8. The number of nitrogens with zero attached hydrogens (tertiary/aromatic N) is 1. The molecular weight excluding hydrogens is 260 g/mol. The summed E-state index contributed by atoms with van der Waals surface area (Å²) in [5.74, 6) is 0.